The number of alkyl halides is 1. The van der Waals surface area contributed by atoms with Gasteiger partial charge in [0, 0.05) is 24.2 Å². The maximum absolute atomic E-state index is 5.86. The number of halogens is 1. The van der Waals surface area contributed by atoms with Gasteiger partial charge in [0.2, 0.25) is 11.8 Å². The van der Waals surface area contributed by atoms with Crippen LogP contribution in [0.4, 0.5) is 5.95 Å². The molecule has 0 spiro atoms. The summed E-state index contributed by atoms with van der Waals surface area (Å²) >= 11 is 5.86. The fourth-order valence-electron chi connectivity index (χ4n) is 1.30. The van der Waals surface area contributed by atoms with E-state index in [0.717, 1.165) is 25.8 Å². The monoisotopic (exact) mass is 257 g/mol. The lowest BCUT2D eigenvalue weighted by Gasteiger charge is -2.07. The van der Waals surface area contributed by atoms with E-state index in [1.165, 1.54) is 0 Å². The van der Waals surface area contributed by atoms with Crippen molar-refractivity contribution in [3.63, 3.8) is 0 Å². The van der Waals surface area contributed by atoms with E-state index in [0.29, 0.717) is 18.4 Å². The standard InChI is InChI=1S/C12H20ClN3O/c1-3-9-17-11-6-8-15-12(16-11)14-7-4-5-10(2)13/h6,8,10H,3-5,7,9H2,1-2H3,(H,14,15,16). The second-order valence-electron chi connectivity index (χ2n) is 3.92. The second kappa shape index (κ2) is 8.12. The summed E-state index contributed by atoms with van der Waals surface area (Å²) in [5.41, 5.74) is 0. The molecule has 1 aromatic rings. The number of nitrogens with one attached hydrogen (secondary N) is 1. The van der Waals surface area contributed by atoms with Crippen LogP contribution in [0, 0.1) is 0 Å². The summed E-state index contributed by atoms with van der Waals surface area (Å²) in [6.07, 6.45) is 4.67. The lowest BCUT2D eigenvalue weighted by atomic mass is 10.2. The van der Waals surface area contributed by atoms with E-state index in [-0.39, 0.29) is 5.38 Å². The molecule has 96 valence electrons. The summed E-state index contributed by atoms with van der Waals surface area (Å²) in [6.45, 7) is 5.57. The Morgan fingerprint density at radius 3 is 3.06 bits per heavy atom. The van der Waals surface area contributed by atoms with Crippen molar-refractivity contribution in [3.05, 3.63) is 12.3 Å². The van der Waals surface area contributed by atoms with Gasteiger partial charge in [0.05, 0.1) is 6.61 Å². The van der Waals surface area contributed by atoms with Gasteiger partial charge in [0.15, 0.2) is 0 Å². The molecule has 0 bridgehead atoms. The molecular weight excluding hydrogens is 238 g/mol. The predicted octanol–water partition coefficient (Wildman–Crippen LogP) is 3.08. The highest BCUT2D eigenvalue weighted by molar-refractivity contribution is 6.20. The number of rotatable bonds is 8. The lowest BCUT2D eigenvalue weighted by molar-refractivity contribution is 0.305. The van der Waals surface area contributed by atoms with Crippen molar-refractivity contribution in [2.75, 3.05) is 18.5 Å². The molecule has 1 unspecified atom stereocenters. The van der Waals surface area contributed by atoms with Crippen LogP contribution in [0.25, 0.3) is 0 Å². The Kier molecular flexibility index (Phi) is 6.70. The number of aromatic nitrogens is 2. The third-order valence-electron chi connectivity index (χ3n) is 2.15. The molecule has 0 saturated carbocycles. The van der Waals surface area contributed by atoms with E-state index in [1.807, 2.05) is 6.92 Å². The molecule has 0 saturated heterocycles. The van der Waals surface area contributed by atoms with Gasteiger partial charge < -0.3 is 10.1 Å². The molecule has 0 radical (unpaired) electrons. The molecule has 0 amide bonds. The van der Waals surface area contributed by atoms with Crippen molar-refractivity contribution in [2.24, 2.45) is 0 Å². The third-order valence-corrected chi connectivity index (χ3v) is 2.36. The number of hydrogen-bond acceptors (Lipinski definition) is 4. The van der Waals surface area contributed by atoms with Crippen LogP contribution in [-0.2, 0) is 0 Å². The van der Waals surface area contributed by atoms with E-state index < -0.39 is 0 Å². The van der Waals surface area contributed by atoms with E-state index in [9.17, 15) is 0 Å². The predicted molar refractivity (Wildman–Crippen MR) is 70.9 cm³/mol. The van der Waals surface area contributed by atoms with E-state index in [4.69, 9.17) is 16.3 Å². The second-order valence-corrected chi connectivity index (χ2v) is 4.66. The van der Waals surface area contributed by atoms with Crippen molar-refractivity contribution in [3.8, 4) is 5.88 Å². The van der Waals surface area contributed by atoms with Gasteiger partial charge in [-0.15, -0.1) is 11.6 Å². The third kappa shape index (κ3) is 6.31. The Morgan fingerprint density at radius 1 is 1.53 bits per heavy atom. The lowest BCUT2D eigenvalue weighted by Crippen LogP contribution is -2.07. The summed E-state index contributed by atoms with van der Waals surface area (Å²) in [4.78, 5) is 8.38. The Morgan fingerprint density at radius 2 is 2.35 bits per heavy atom. The van der Waals surface area contributed by atoms with Gasteiger partial charge in [-0.2, -0.15) is 4.98 Å². The van der Waals surface area contributed by atoms with Gasteiger partial charge in [0.25, 0.3) is 0 Å². The molecule has 17 heavy (non-hydrogen) atoms. The highest BCUT2D eigenvalue weighted by Crippen LogP contribution is 2.09. The minimum Gasteiger partial charge on any atom is -0.478 e. The Bertz CT molecular complexity index is 320. The zero-order chi connectivity index (χ0) is 12.5. The van der Waals surface area contributed by atoms with Crippen LogP contribution in [-0.4, -0.2) is 28.5 Å². The minimum absolute atomic E-state index is 0.219. The highest BCUT2D eigenvalue weighted by atomic mass is 35.5. The molecule has 5 heteroatoms. The molecule has 1 atom stereocenters. The van der Waals surface area contributed by atoms with Crippen molar-refractivity contribution < 1.29 is 4.74 Å². The van der Waals surface area contributed by atoms with Crippen LogP contribution in [0.15, 0.2) is 12.3 Å². The van der Waals surface area contributed by atoms with Crippen LogP contribution in [0.1, 0.15) is 33.1 Å². The molecule has 0 aliphatic heterocycles. The number of anilines is 1. The van der Waals surface area contributed by atoms with Crippen molar-refractivity contribution in [1.29, 1.82) is 0 Å². The maximum Gasteiger partial charge on any atom is 0.225 e. The van der Waals surface area contributed by atoms with Crippen LogP contribution < -0.4 is 10.1 Å². The summed E-state index contributed by atoms with van der Waals surface area (Å²) in [5, 5.41) is 3.38. The first-order chi connectivity index (χ1) is 8.22. The summed E-state index contributed by atoms with van der Waals surface area (Å²) < 4.78 is 5.43. The summed E-state index contributed by atoms with van der Waals surface area (Å²) in [7, 11) is 0. The molecule has 1 rings (SSSR count). The minimum atomic E-state index is 0.219. The Hall–Kier alpha value is -1.03. The quantitative estimate of drug-likeness (QED) is 0.574. The zero-order valence-electron chi connectivity index (χ0n) is 10.4. The molecule has 1 aromatic heterocycles. The Balaban J connectivity index is 2.32. The number of ether oxygens (including phenoxy) is 1. The molecule has 1 heterocycles. The first-order valence-corrected chi connectivity index (χ1v) is 6.49. The van der Waals surface area contributed by atoms with E-state index in [2.05, 4.69) is 22.2 Å². The molecule has 0 aliphatic rings. The van der Waals surface area contributed by atoms with Crippen LogP contribution in [0.2, 0.25) is 0 Å². The topological polar surface area (TPSA) is 47.0 Å². The van der Waals surface area contributed by atoms with Crippen molar-refractivity contribution in [2.45, 2.75) is 38.5 Å². The SMILES string of the molecule is CCCOc1ccnc(NCCCC(C)Cl)n1. The largest absolute Gasteiger partial charge is 0.478 e. The molecule has 1 N–H and O–H groups in total. The van der Waals surface area contributed by atoms with Crippen LogP contribution >= 0.6 is 11.6 Å². The molecule has 0 fully saturated rings. The normalized spacial score (nSPS) is 12.2. The first-order valence-electron chi connectivity index (χ1n) is 6.06. The molecule has 0 aromatic carbocycles. The number of nitrogens with zero attached hydrogens (tertiary/aromatic N) is 2. The van der Waals surface area contributed by atoms with Gasteiger partial charge in [-0.1, -0.05) is 6.92 Å². The summed E-state index contributed by atoms with van der Waals surface area (Å²) in [5.74, 6) is 1.23. The Labute approximate surface area is 108 Å². The highest BCUT2D eigenvalue weighted by Gasteiger charge is 2.00. The fraction of sp³-hybridized carbons (Fsp3) is 0.667. The van der Waals surface area contributed by atoms with Gasteiger partial charge in [-0.25, -0.2) is 4.98 Å². The van der Waals surface area contributed by atoms with Gasteiger partial charge in [0.1, 0.15) is 0 Å². The molecular formula is C12H20ClN3O. The maximum atomic E-state index is 5.86. The molecule has 4 nitrogen and oxygen atoms in total. The van der Waals surface area contributed by atoms with E-state index in [1.54, 1.807) is 12.3 Å². The van der Waals surface area contributed by atoms with Gasteiger partial charge in [-0.3, -0.25) is 0 Å². The van der Waals surface area contributed by atoms with Crippen LogP contribution in [0.3, 0.4) is 0 Å². The van der Waals surface area contributed by atoms with Gasteiger partial charge in [-0.05, 0) is 26.2 Å². The van der Waals surface area contributed by atoms with E-state index >= 15 is 0 Å². The van der Waals surface area contributed by atoms with Crippen molar-refractivity contribution in [1.82, 2.24) is 9.97 Å². The smallest absolute Gasteiger partial charge is 0.225 e. The zero-order valence-corrected chi connectivity index (χ0v) is 11.2. The average molecular weight is 258 g/mol. The summed E-state index contributed by atoms with van der Waals surface area (Å²) in [6, 6.07) is 1.77. The average Bonchev–Trinajstić information content (AvgIpc) is 2.32. The fourth-order valence-corrected chi connectivity index (χ4v) is 1.45. The van der Waals surface area contributed by atoms with Crippen LogP contribution in [0.5, 0.6) is 5.88 Å². The number of hydrogen-bond donors (Lipinski definition) is 1. The van der Waals surface area contributed by atoms with Gasteiger partial charge >= 0.3 is 0 Å². The molecule has 0 aliphatic carbocycles. The first kappa shape index (κ1) is 14.0. The van der Waals surface area contributed by atoms with Crippen molar-refractivity contribution >= 4 is 17.5 Å².